The largest absolute Gasteiger partial charge is 0.444 e. The highest BCUT2D eigenvalue weighted by Gasteiger charge is 2.30. The number of alkyl carbamates (subject to hydrolysis) is 1. The van der Waals surface area contributed by atoms with Crippen molar-refractivity contribution in [1.82, 2.24) is 41.6 Å². The van der Waals surface area contributed by atoms with Crippen LogP contribution in [-0.4, -0.2) is 84.9 Å². The number of ether oxygens (including phenoxy) is 1. The van der Waals surface area contributed by atoms with Crippen molar-refractivity contribution >= 4 is 29.5 Å². The van der Waals surface area contributed by atoms with E-state index in [1.165, 1.54) is 0 Å². The molecule has 6 rings (SSSR count). The van der Waals surface area contributed by atoms with Gasteiger partial charge in [0, 0.05) is 47.4 Å². The van der Waals surface area contributed by atoms with Gasteiger partial charge in [-0.3, -0.25) is 14.4 Å². The van der Waals surface area contributed by atoms with Crippen LogP contribution in [0.1, 0.15) is 93.9 Å². The molecule has 4 aromatic rings. The molecule has 2 aromatic heterocycles. The van der Waals surface area contributed by atoms with Gasteiger partial charge in [0.1, 0.15) is 17.3 Å². The van der Waals surface area contributed by atoms with Gasteiger partial charge in [0.25, 0.3) is 5.91 Å². The quantitative estimate of drug-likeness (QED) is 0.110. The van der Waals surface area contributed by atoms with Crippen LogP contribution in [0.4, 0.5) is 10.5 Å². The Morgan fingerprint density at radius 3 is 2.19 bits per heavy atom. The number of hydrogen-bond donors (Lipinski definition) is 6. The maximum absolute atomic E-state index is 13.8. The Kier molecular flexibility index (Phi) is 13.3. The van der Waals surface area contributed by atoms with Crippen molar-refractivity contribution in [2.45, 2.75) is 109 Å². The third kappa shape index (κ3) is 11.7. The van der Waals surface area contributed by atoms with E-state index < -0.39 is 17.7 Å². The number of aromatic amines is 1. The van der Waals surface area contributed by atoms with Crippen LogP contribution in [-0.2, 0) is 20.7 Å². The maximum atomic E-state index is 13.8. The number of rotatable bonds is 12. The second-order valence-corrected chi connectivity index (χ2v) is 16.2. The van der Waals surface area contributed by atoms with Crippen molar-refractivity contribution in [3.05, 3.63) is 77.6 Å². The van der Waals surface area contributed by atoms with Crippen molar-refractivity contribution in [1.29, 1.82) is 0 Å². The molecule has 302 valence electrons. The molecule has 57 heavy (non-hydrogen) atoms. The number of aromatic nitrogens is 5. The molecule has 0 saturated heterocycles. The van der Waals surface area contributed by atoms with Crippen LogP contribution in [0.3, 0.4) is 0 Å². The zero-order valence-electron chi connectivity index (χ0n) is 33.0. The summed E-state index contributed by atoms with van der Waals surface area (Å²) < 4.78 is 5.36. The Bertz CT molecular complexity index is 1980. The molecule has 0 spiro atoms. The lowest BCUT2D eigenvalue weighted by molar-refractivity contribution is -0.130. The number of carbonyl (C=O) groups excluding carboxylic acids is 4. The maximum Gasteiger partial charge on any atom is 0.407 e. The highest BCUT2D eigenvalue weighted by atomic mass is 16.6. The first-order valence-electron chi connectivity index (χ1n) is 19.8. The number of hydrogen-bond acceptors (Lipinski definition) is 10. The first kappa shape index (κ1) is 40.9. The molecule has 15 nitrogen and oxygen atoms in total. The third-order valence-corrected chi connectivity index (χ3v) is 10.6. The number of aryl methyl sites for hydroxylation is 1. The van der Waals surface area contributed by atoms with Gasteiger partial charge >= 0.3 is 6.09 Å². The summed E-state index contributed by atoms with van der Waals surface area (Å²) in [5.74, 6) is -0.344. The van der Waals surface area contributed by atoms with Crippen molar-refractivity contribution in [2.75, 3.05) is 11.9 Å². The Hall–Kier alpha value is -5.70. The number of anilines is 1. The summed E-state index contributed by atoms with van der Waals surface area (Å²) in [6.45, 7) is 7.82. The molecular weight excluding hydrogens is 727 g/mol. The van der Waals surface area contributed by atoms with E-state index in [2.05, 4.69) is 46.9 Å². The second-order valence-electron chi connectivity index (χ2n) is 16.2. The topological polar surface area (TPSA) is 213 Å². The molecule has 2 aliphatic carbocycles. The van der Waals surface area contributed by atoms with Gasteiger partial charge in [-0.25, -0.2) is 9.78 Å². The molecule has 2 aromatic carbocycles. The molecule has 1 atom stereocenters. The predicted octanol–water partition coefficient (Wildman–Crippen LogP) is 5.27. The minimum Gasteiger partial charge on any atom is -0.444 e. The van der Waals surface area contributed by atoms with E-state index in [0.29, 0.717) is 55.1 Å². The van der Waals surface area contributed by atoms with Crippen LogP contribution in [0, 0.1) is 18.8 Å². The lowest BCUT2D eigenvalue weighted by Gasteiger charge is -2.29. The zero-order valence-corrected chi connectivity index (χ0v) is 33.0. The molecule has 2 aliphatic rings. The van der Waals surface area contributed by atoms with E-state index >= 15 is 0 Å². The minimum atomic E-state index is -0.861. The first-order valence-corrected chi connectivity index (χ1v) is 19.8. The highest BCUT2D eigenvalue weighted by molar-refractivity contribution is 5.98. The summed E-state index contributed by atoms with van der Waals surface area (Å²) in [5.41, 5.74) is 4.39. The van der Waals surface area contributed by atoms with E-state index in [-0.39, 0.29) is 48.1 Å². The number of nitrogens with zero attached hydrogens (tertiary/aromatic N) is 4. The van der Waals surface area contributed by atoms with Gasteiger partial charge < -0.3 is 31.1 Å². The van der Waals surface area contributed by atoms with Crippen molar-refractivity contribution in [2.24, 2.45) is 11.8 Å². The summed E-state index contributed by atoms with van der Waals surface area (Å²) >= 11 is 0. The van der Waals surface area contributed by atoms with E-state index in [1.807, 2.05) is 58.0 Å². The van der Waals surface area contributed by atoms with Gasteiger partial charge in [-0.15, -0.1) is 10.2 Å². The number of amides is 4. The minimum absolute atomic E-state index is 0.0315. The number of H-pyrrole nitrogens is 1. The second kappa shape index (κ2) is 18.5. The van der Waals surface area contributed by atoms with E-state index in [1.54, 1.807) is 30.3 Å². The summed E-state index contributed by atoms with van der Waals surface area (Å²) in [5, 5.41) is 35.7. The summed E-state index contributed by atoms with van der Waals surface area (Å²) in [6, 6.07) is 17.6. The lowest BCUT2D eigenvalue weighted by atomic mass is 9.81. The predicted molar refractivity (Wildman–Crippen MR) is 214 cm³/mol. The van der Waals surface area contributed by atoms with E-state index in [4.69, 9.17) is 4.74 Å². The van der Waals surface area contributed by atoms with Crippen molar-refractivity contribution < 1.29 is 29.0 Å². The molecule has 2 fully saturated rings. The van der Waals surface area contributed by atoms with Gasteiger partial charge in [-0.2, -0.15) is 5.21 Å². The fraction of sp³-hybridized carbons (Fsp3) is 0.476. The van der Waals surface area contributed by atoms with E-state index in [9.17, 15) is 24.3 Å². The number of aliphatic hydroxyl groups is 1. The molecule has 2 heterocycles. The average Bonchev–Trinajstić information content (AvgIpc) is 3.73. The third-order valence-electron chi connectivity index (χ3n) is 10.6. The monoisotopic (exact) mass is 779 g/mol. The SMILES string of the molecule is Cc1nc(C(=O)NC2CCC(O)CC2)ccc1-c1ccc(C[C@H](NC(=O)[C@H]2CC[C@H](CNC(=O)OC(C)(C)C)CC2)C(=O)Nc2ccc(-c3nn[nH]n3)cc2)cc1. The fourth-order valence-electron chi connectivity index (χ4n) is 7.41. The number of benzene rings is 2. The Labute approximate surface area is 332 Å². The van der Waals surface area contributed by atoms with Crippen LogP contribution < -0.4 is 21.3 Å². The molecule has 0 radical (unpaired) electrons. The van der Waals surface area contributed by atoms with Gasteiger partial charge in [0.15, 0.2) is 0 Å². The number of pyridine rings is 1. The molecule has 0 unspecified atom stereocenters. The number of carbonyl (C=O) groups is 4. The fourth-order valence-corrected chi connectivity index (χ4v) is 7.41. The number of aliphatic hydroxyl groups excluding tert-OH is 1. The average molecular weight is 780 g/mol. The molecule has 6 N–H and O–H groups in total. The van der Waals surface area contributed by atoms with Gasteiger partial charge in [-0.05, 0) is 132 Å². The van der Waals surface area contributed by atoms with Crippen LogP contribution in [0.5, 0.6) is 0 Å². The van der Waals surface area contributed by atoms with E-state index in [0.717, 1.165) is 47.9 Å². The van der Waals surface area contributed by atoms with Crippen LogP contribution in [0.25, 0.3) is 22.5 Å². The number of tetrazole rings is 1. The number of nitrogens with one attached hydrogen (secondary N) is 5. The molecule has 4 amide bonds. The molecule has 0 bridgehead atoms. The normalized spacial score (nSPS) is 20.2. The smallest absolute Gasteiger partial charge is 0.407 e. The van der Waals surface area contributed by atoms with Crippen molar-refractivity contribution in [3.8, 4) is 22.5 Å². The lowest BCUT2D eigenvalue weighted by Crippen LogP contribution is -2.48. The van der Waals surface area contributed by atoms with Gasteiger partial charge in [-0.1, -0.05) is 30.3 Å². The highest BCUT2D eigenvalue weighted by Crippen LogP contribution is 2.29. The molecule has 2 saturated carbocycles. The van der Waals surface area contributed by atoms with Crippen molar-refractivity contribution in [3.63, 3.8) is 0 Å². The Morgan fingerprint density at radius 1 is 0.877 bits per heavy atom. The molecule has 0 aliphatic heterocycles. The van der Waals surface area contributed by atoms with Crippen LogP contribution >= 0.6 is 0 Å². The molecular formula is C42H53N9O6. The van der Waals surface area contributed by atoms with Crippen LogP contribution in [0.2, 0.25) is 0 Å². The van der Waals surface area contributed by atoms with Gasteiger partial charge in [0.2, 0.25) is 17.6 Å². The first-order chi connectivity index (χ1) is 27.3. The zero-order chi connectivity index (χ0) is 40.5. The Balaban J connectivity index is 1.10. The molecule has 15 heteroatoms. The van der Waals surface area contributed by atoms with Crippen LogP contribution in [0.15, 0.2) is 60.7 Å². The Morgan fingerprint density at radius 2 is 1.56 bits per heavy atom. The van der Waals surface area contributed by atoms with Gasteiger partial charge in [0.05, 0.1) is 6.10 Å². The standard InChI is InChI=1S/C42H53N9O6/c1-25-34(21-22-35(44-25)39(54)45-32-17-19-33(52)20-18-32)28-9-5-26(6-10-28)23-36(40(55)46-31-15-13-29(14-16-31)37-48-50-51-49-37)47-38(53)30-11-7-27(8-12-30)24-43-41(56)57-42(2,3)4/h5-6,9-10,13-16,21-22,27,30,32-33,36,52H,7-8,11-12,17-20,23-24H2,1-4H3,(H,43,56)(H,45,54)(H,46,55)(H,47,53)(H,48,49,50,51)/t27-,30-,32?,33?,36-/m0/s1. The summed E-state index contributed by atoms with van der Waals surface area (Å²) in [7, 11) is 0. The summed E-state index contributed by atoms with van der Waals surface area (Å²) in [4.78, 5) is 57.2. The summed E-state index contributed by atoms with van der Waals surface area (Å²) in [6.07, 6.45) is 5.19.